The van der Waals surface area contributed by atoms with E-state index in [1.165, 1.54) is 12.1 Å². The molecule has 2 aromatic rings. The molecule has 128 valence electrons. The summed E-state index contributed by atoms with van der Waals surface area (Å²) in [6.45, 7) is 1.08. The predicted octanol–water partition coefficient (Wildman–Crippen LogP) is 2.97. The third-order valence-electron chi connectivity index (χ3n) is 3.99. The van der Waals surface area contributed by atoms with Gasteiger partial charge in [0.25, 0.3) is 0 Å². The Morgan fingerprint density at radius 3 is 2.71 bits per heavy atom. The summed E-state index contributed by atoms with van der Waals surface area (Å²) in [5.41, 5.74) is -0.433. The monoisotopic (exact) mass is 358 g/mol. The van der Waals surface area contributed by atoms with Gasteiger partial charge in [0.05, 0.1) is 22.8 Å². The minimum absolute atomic E-state index is 0.0881. The molecular weight excluding hydrogens is 345 g/mol. The van der Waals surface area contributed by atoms with Crippen LogP contribution in [0.1, 0.15) is 23.6 Å². The van der Waals surface area contributed by atoms with E-state index in [-0.39, 0.29) is 29.8 Å². The van der Waals surface area contributed by atoms with Crippen LogP contribution in [0, 0.1) is 0 Å². The van der Waals surface area contributed by atoms with Crippen LogP contribution in [0.25, 0.3) is 0 Å². The second kappa shape index (κ2) is 6.43. The van der Waals surface area contributed by atoms with Gasteiger partial charge < -0.3 is 4.90 Å². The number of benzene rings is 1. The molecule has 0 saturated carbocycles. The van der Waals surface area contributed by atoms with E-state index in [9.17, 15) is 18.0 Å². The van der Waals surface area contributed by atoms with E-state index in [4.69, 9.17) is 11.6 Å². The molecule has 0 radical (unpaired) electrons. The van der Waals surface area contributed by atoms with Crippen molar-refractivity contribution in [3.8, 4) is 0 Å². The first kappa shape index (κ1) is 16.8. The van der Waals surface area contributed by atoms with Crippen molar-refractivity contribution in [3.63, 3.8) is 0 Å². The number of carbonyl (C=O) groups is 1. The summed E-state index contributed by atoms with van der Waals surface area (Å²) in [6, 6.07) is 3.85. The number of alkyl halides is 3. The molecule has 2 heterocycles. The number of halogens is 4. The van der Waals surface area contributed by atoms with Crippen LogP contribution in [0.3, 0.4) is 0 Å². The molecule has 9 heteroatoms. The van der Waals surface area contributed by atoms with Crippen LogP contribution >= 0.6 is 11.6 Å². The van der Waals surface area contributed by atoms with Gasteiger partial charge in [0.2, 0.25) is 5.91 Å². The van der Waals surface area contributed by atoms with Crippen molar-refractivity contribution in [3.05, 3.63) is 46.7 Å². The van der Waals surface area contributed by atoms with Crippen LogP contribution in [0.2, 0.25) is 5.02 Å². The first-order chi connectivity index (χ1) is 11.3. The van der Waals surface area contributed by atoms with Crippen molar-refractivity contribution in [1.29, 1.82) is 0 Å². The summed E-state index contributed by atoms with van der Waals surface area (Å²) in [6.07, 6.45) is -0.797. The molecule has 5 nitrogen and oxygen atoms in total. The van der Waals surface area contributed by atoms with Gasteiger partial charge >= 0.3 is 6.18 Å². The fourth-order valence-corrected chi connectivity index (χ4v) is 2.82. The topological polar surface area (TPSA) is 51.0 Å². The molecule has 3 rings (SSSR count). The molecule has 1 aliphatic rings. The maximum absolute atomic E-state index is 12.8. The predicted molar refractivity (Wildman–Crippen MR) is 80.4 cm³/mol. The zero-order valence-electron chi connectivity index (χ0n) is 12.5. The second-order valence-electron chi connectivity index (χ2n) is 5.65. The Bertz CT molecular complexity index is 727. The number of aromatic nitrogens is 3. The SMILES string of the molecule is O=C(CCc1ccc(Cl)c(C(F)(F)F)c1)N1CC(n2ccnn2)C1. The third-order valence-corrected chi connectivity index (χ3v) is 4.32. The molecule has 0 aliphatic carbocycles. The summed E-state index contributed by atoms with van der Waals surface area (Å²) in [7, 11) is 0. The Labute approximate surface area is 141 Å². The van der Waals surface area contributed by atoms with Crippen molar-refractivity contribution in [2.75, 3.05) is 13.1 Å². The summed E-state index contributed by atoms with van der Waals surface area (Å²) >= 11 is 5.58. The lowest BCUT2D eigenvalue weighted by atomic mass is 10.0. The van der Waals surface area contributed by atoms with Crippen LogP contribution in [-0.4, -0.2) is 38.9 Å². The van der Waals surface area contributed by atoms with E-state index in [0.717, 1.165) is 6.07 Å². The van der Waals surface area contributed by atoms with E-state index in [1.54, 1.807) is 22.0 Å². The number of aryl methyl sites for hydroxylation is 1. The highest BCUT2D eigenvalue weighted by Crippen LogP contribution is 2.35. The van der Waals surface area contributed by atoms with Gasteiger partial charge in [-0.05, 0) is 24.1 Å². The first-order valence-electron chi connectivity index (χ1n) is 7.34. The summed E-state index contributed by atoms with van der Waals surface area (Å²) in [5, 5.41) is 7.25. The Hall–Kier alpha value is -2.09. The van der Waals surface area contributed by atoms with Gasteiger partial charge in [0.15, 0.2) is 0 Å². The number of hydrogen-bond acceptors (Lipinski definition) is 3. The minimum Gasteiger partial charge on any atom is -0.338 e. The number of nitrogens with zero attached hydrogens (tertiary/aromatic N) is 4. The third kappa shape index (κ3) is 3.53. The second-order valence-corrected chi connectivity index (χ2v) is 6.05. The molecule has 0 bridgehead atoms. The van der Waals surface area contributed by atoms with Gasteiger partial charge in [-0.25, -0.2) is 4.68 Å². The molecule has 0 N–H and O–H groups in total. The molecular formula is C15H14ClF3N4O. The fraction of sp³-hybridized carbons (Fsp3) is 0.400. The molecule has 0 spiro atoms. The molecule has 0 unspecified atom stereocenters. The number of carbonyl (C=O) groups excluding carboxylic acids is 1. The van der Waals surface area contributed by atoms with Gasteiger partial charge in [-0.2, -0.15) is 13.2 Å². The van der Waals surface area contributed by atoms with Gasteiger partial charge in [-0.1, -0.05) is 22.9 Å². The quantitative estimate of drug-likeness (QED) is 0.844. The average Bonchev–Trinajstić information content (AvgIpc) is 2.97. The van der Waals surface area contributed by atoms with E-state index in [2.05, 4.69) is 10.3 Å². The summed E-state index contributed by atoms with van der Waals surface area (Å²) < 4.78 is 40.2. The Kier molecular flexibility index (Phi) is 4.49. The van der Waals surface area contributed by atoms with Gasteiger partial charge in [-0.15, -0.1) is 5.10 Å². The molecule has 1 aromatic carbocycles. The van der Waals surface area contributed by atoms with Gasteiger partial charge in [-0.3, -0.25) is 4.79 Å². The highest BCUT2D eigenvalue weighted by Gasteiger charge is 2.34. The number of rotatable bonds is 4. The summed E-state index contributed by atoms with van der Waals surface area (Å²) in [5.74, 6) is -0.0881. The van der Waals surface area contributed by atoms with Crippen LogP contribution in [0.5, 0.6) is 0 Å². The van der Waals surface area contributed by atoms with Gasteiger partial charge in [0.1, 0.15) is 0 Å². The lowest BCUT2D eigenvalue weighted by Gasteiger charge is -2.39. The minimum atomic E-state index is -4.50. The Morgan fingerprint density at radius 2 is 2.08 bits per heavy atom. The van der Waals surface area contributed by atoms with E-state index < -0.39 is 11.7 Å². The number of hydrogen-bond donors (Lipinski definition) is 0. The van der Waals surface area contributed by atoms with Crippen molar-refractivity contribution in [1.82, 2.24) is 19.9 Å². The zero-order valence-corrected chi connectivity index (χ0v) is 13.3. The average molecular weight is 359 g/mol. The van der Waals surface area contributed by atoms with E-state index in [1.807, 2.05) is 0 Å². The highest BCUT2D eigenvalue weighted by molar-refractivity contribution is 6.31. The van der Waals surface area contributed by atoms with Crippen molar-refractivity contribution in [2.45, 2.75) is 25.1 Å². The van der Waals surface area contributed by atoms with E-state index in [0.29, 0.717) is 18.7 Å². The van der Waals surface area contributed by atoms with Gasteiger partial charge in [0, 0.05) is 25.7 Å². The number of amides is 1. The van der Waals surface area contributed by atoms with E-state index >= 15 is 0 Å². The molecule has 0 atom stereocenters. The molecule has 24 heavy (non-hydrogen) atoms. The normalized spacial score (nSPS) is 15.4. The standard InChI is InChI=1S/C15H14ClF3N4O/c16-13-3-1-10(7-12(13)15(17,18)19)2-4-14(24)22-8-11(9-22)23-6-5-20-21-23/h1,3,5-7,11H,2,4,8-9H2. The lowest BCUT2D eigenvalue weighted by Crippen LogP contribution is -2.50. The van der Waals surface area contributed by atoms with Crippen LogP contribution in [-0.2, 0) is 17.4 Å². The lowest BCUT2D eigenvalue weighted by molar-refractivity contribution is -0.137. The highest BCUT2D eigenvalue weighted by atomic mass is 35.5. The van der Waals surface area contributed by atoms with Crippen LogP contribution in [0.15, 0.2) is 30.6 Å². The Morgan fingerprint density at radius 1 is 1.33 bits per heavy atom. The van der Waals surface area contributed by atoms with Crippen LogP contribution < -0.4 is 0 Å². The van der Waals surface area contributed by atoms with Crippen molar-refractivity contribution < 1.29 is 18.0 Å². The molecule has 1 fully saturated rings. The smallest absolute Gasteiger partial charge is 0.338 e. The largest absolute Gasteiger partial charge is 0.417 e. The maximum atomic E-state index is 12.8. The summed E-state index contributed by atoms with van der Waals surface area (Å²) in [4.78, 5) is 13.8. The molecule has 1 saturated heterocycles. The molecule has 1 aromatic heterocycles. The fourth-order valence-electron chi connectivity index (χ4n) is 2.59. The zero-order chi connectivity index (χ0) is 17.3. The number of likely N-dealkylation sites (tertiary alicyclic amines) is 1. The first-order valence-corrected chi connectivity index (χ1v) is 7.71. The van der Waals surface area contributed by atoms with Crippen molar-refractivity contribution in [2.24, 2.45) is 0 Å². The molecule has 1 aliphatic heterocycles. The van der Waals surface area contributed by atoms with Crippen molar-refractivity contribution >= 4 is 17.5 Å². The maximum Gasteiger partial charge on any atom is 0.417 e. The molecule has 1 amide bonds. The van der Waals surface area contributed by atoms with Crippen LogP contribution in [0.4, 0.5) is 13.2 Å². The Balaban J connectivity index is 1.54.